The number of amidine groups is 1. The van der Waals surface area contributed by atoms with Gasteiger partial charge in [0.05, 0.1) is 0 Å². The number of nitrogen functional groups attached to an aromatic ring is 1. The van der Waals surface area contributed by atoms with Crippen LogP contribution in [0.15, 0.2) is 24.3 Å². The third-order valence-electron chi connectivity index (χ3n) is 1.81. The zero-order valence-corrected chi connectivity index (χ0v) is 8.00. The van der Waals surface area contributed by atoms with Crippen LogP contribution >= 0.6 is 0 Å². The largest absolute Gasteiger partial charge is 0.384 e. The molecule has 0 unspecified atom stereocenters. The minimum Gasteiger partial charge on any atom is -0.384 e. The van der Waals surface area contributed by atoms with Crippen molar-refractivity contribution in [1.82, 2.24) is 5.32 Å². The Kier molecular flexibility index (Phi) is 3.23. The van der Waals surface area contributed by atoms with Crippen molar-refractivity contribution in [3.8, 4) is 0 Å². The molecule has 0 saturated carbocycles. The normalized spacial score (nSPS) is 9.50. The predicted octanol–water partition coefficient (Wildman–Crippen LogP) is 0.607. The number of amides is 1. The Balaban J connectivity index is 2.64. The first-order valence-electron chi connectivity index (χ1n) is 4.27. The summed E-state index contributed by atoms with van der Waals surface area (Å²) in [6.45, 7) is 1.98. The fourth-order valence-corrected chi connectivity index (χ4v) is 1.03. The minimum atomic E-state index is -0.0550. The predicted molar refractivity (Wildman–Crippen MR) is 55.0 cm³/mol. The van der Waals surface area contributed by atoms with Crippen LogP contribution in [0.5, 0.6) is 0 Å². The second-order valence-corrected chi connectivity index (χ2v) is 3.02. The van der Waals surface area contributed by atoms with E-state index in [2.05, 4.69) is 5.32 Å². The fraction of sp³-hybridized carbons (Fsp3) is 0.200. The number of nitrogens with two attached hydrogens (primary N) is 1. The minimum absolute atomic E-state index is 0.0519. The highest BCUT2D eigenvalue weighted by molar-refractivity contribution is 5.94. The first-order chi connectivity index (χ1) is 6.59. The lowest BCUT2D eigenvalue weighted by molar-refractivity contribution is -0.119. The average Bonchev–Trinajstić information content (AvgIpc) is 2.15. The maximum absolute atomic E-state index is 10.6. The highest BCUT2D eigenvalue weighted by Crippen LogP contribution is 2.03. The van der Waals surface area contributed by atoms with E-state index in [0.717, 1.165) is 5.56 Å². The molecule has 0 aromatic heterocycles. The molecule has 0 radical (unpaired) electrons. The first kappa shape index (κ1) is 10.2. The van der Waals surface area contributed by atoms with Crippen LogP contribution in [0.2, 0.25) is 0 Å². The van der Waals surface area contributed by atoms with Crippen LogP contribution in [-0.4, -0.2) is 11.7 Å². The Morgan fingerprint density at radius 1 is 1.43 bits per heavy atom. The molecule has 4 heteroatoms. The summed E-state index contributed by atoms with van der Waals surface area (Å²) in [5.41, 5.74) is 6.98. The average molecular weight is 191 g/mol. The Morgan fingerprint density at radius 3 is 2.43 bits per heavy atom. The molecule has 0 aliphatic heterocycles. The Morgan fingerprint density at radius 2 is 2.00 bits per heavy atom. The van der Waals surface area contributed by atoms with Crippen LogP contribution in [0.25, 0.3) is 0 Å². The molecule has 1 amide bonds. The molecular weight excluding hydrogens is 178 g/mol. The number of rotatable bonds is 3. The maximum atomic E-state index is 10.6. The molecule has 0 spiro atoms. The van der Waals surface area contributed by atoms with Gasteiger partial charge in [-0.15, -0.1) is 0 Å². The van der Waals surface area contributed by atoms with Crippen LogP contribution in [0.4, 0.5) is 0 Å². The van der Waals surface area contributed by atoms with Crippen LogP contribution in [0, 0.1) is 5.41 Å². The van der Waals surface area contributed by atoms with E-state index in [1.807, 2.05) is 12.1 Å². The van der Waals surface area contributed by atoms with Crippen molar-refractivity contribution in [2.75, 3.05) is 0 Å². The summed E-state index contributed by atoms with van der Waals surface area (Å²) in [4.78, 5) is 10.6. The highest BCUT2D eigenvalue weighted by Gasteiger charge is 1.97. The van der Waals surface area contributed by atoms with Gasteiger partial charge in [0.25, 0.3) is 0 Å². The van der Waals surface area contributed by atoms with Crippen molar-refractivity contribution < 1.29 is 4.79 Å². The summed E-state index contributed by atoms with van der Waals surface area (Å²) >= 11 is 0. The summed E-state index contributed by atoms with van der Waals surface area (Å²) in [6, 6.07) is 7.21. The van der Waals surface area contributed by atoms with Crippen LogP contribution < -0.4 is 11.1 Å². The van der Waals surface area contributed by atoms with Crippen LogP contribution in [0.1, 0.15) is 18.1 Å². The van der Waals surface area contributed by atoms with Gasteiger partial charge in [0.15, 0.2) is 0 Å². The first-order valence-corrected chi connectivity index (χ1v) is 4.27. The van der Waals surface area contributed by atoms with Crippen molar-refractivity contribution in [3.05, 3.63) is 35.4 Å². The molecule has 0 saturated heterocycles. The highest BCUT2D eigenvalue weighted by atomic mass is 16.1. The number of carbonyl (C=O) groups is 1. The maximum Gasteiger partial charge on any atom is 0.217 e. The van der Waals surface area contributed by atoms with E-state index in [1.54, 1.807) is 12.1 Å². The van der Waals surface area contributed by atoms with Gasteiger partial charge in [0.1, 0.15) is 5.84 Å². The van der Waals surface area contributed by atoms with Crippen molar-refractivity contribution >= 4 is 11.7 Å². The van der Waals surface area contributed by atoms with E-state index in [0.29, 0.717) is 12.1 Å². The molecular formula is C10H13N3O. The van der Waals surface area contributed by atoms with Crippen molar-refractivity contribution in [1.29, 1.82) is 5.41 Å². The van der Waals surface area contributed by atoms with Gasteiger partial charge in [0, 0.05) is 19.0 Å². The summed E-state index contributed by atoms with van der Waals surface area (Å²) in [5, 5.41) is 9.87. The number of hydrogen-bond donors (Lipinski definition) is 3. The van der Waals surface area contributed by atoms with E-state index in [4.69, 9.17) is 11.1 Å². The number of carbonyl (C=O) groups excluding carboxylic acids is 1. The number of benzene rings is 1. The molecule has 0 heterocycles. The van der Waals surface area contributed by atoms with Crippen molar-refractivity contribution in [2.45, 2.75) is 13.5 Å². The molecule has 74 valence electrons. The summed E-state index contributed by atoms with van der Waals surface area (Å²) in [5.74, 6) is -0.00304. The lowest BCUT2D eigenvalue weighted by Gasteiger charge is -2.03. The topological polar surface area (TPSA) is 79.0 Å². The molecule has 0 atom stereocenters. The zero-order chi connectivity index (χ0) is 10.6. The van der Waals surface area contributed by atoms with Gasteiger partial charge >= 0.3 is 0 Å². The third kappa shape index (κ3) is 2.90. The molecule has 4 N–H and O–H groups in total. The molecule has 14 heavy (non-hydrogen) atoms. The smallest absolute Gasteiger partial charge is 0.217 e. The molecule has 1 aromatic carbocycles. The second kappa shape index (κ2) is 4.41. The Hall–Kier alpha value is -1.84. The van der Waals surface area contributed by atoms with Gasteiger partial charge in [-0.05, 0) is 5.56 Å². The quantitative estimate of drug-likeness (QED) is 0.483. The van der Waals surface area contributed by atoms with Crippen molar-refractivity contribution in [3.63, 3.8) is 0 Å². The third-order valence-corrected chi connectivity index (χ3v) is 1.81. The standard InChI is InChI=1S/C10H13N3O/c1-7(14)13-6-8-2-4-9(5-3-8)10(11)12/h2-5H,6H2,1H3,(H3,11,12)(H,13,14). The SMILES string of the molecule is CC(=O)NCc1ccc(C(=N)N)cc1. The summed E-state index contributed by atoms with van der Waals surface area (Å²) < 4.78 is 0. The zero-order valence-electron chi connectivity index (χ0n) is 8.00. The van der Waals surface area contributed by atoms with Gasteiger partial charge < -0.3 is 11.1 Å². The number of hydrogen-bond acceptors (Lipinski definition) is 2. The Bertz CT molecular complexity index is 343. The molecule has 0 aliphatic carbocycles. The molecule has 4 nitrogen and oxygen atoms in total. The van der Waals surface area contributed by atoms with E-state index in [9.17, 15) is 4.79 Å². The van der Waals surface area contributed by atoms with Gasteiger partial charge in [-0.2, -0.15) is 0 Å². The van der Waals surface area contributed by atoms with Crippen molar-refractivity contribution in [2.24, 2.45) is 5.73 Å². The molecule has 0 aliphatic rings. The van der Waals surface area contributed by atoms with E-state index < -0.39 is 0 Å². The second-order valence-electron chi connectivity index (χ2n) is 3.02. The van der Waals surface area contributed by atoms with Gasteiger partial charge in [-0.1, -0.05) is 24.3 Å². The number of nitrogens with one attached hydrogen (secondary N) is 2. The summed E-state index contributed by atoms with van der Waals surface area (Å²) in [6.07, 6.45) is 0. The molecule has 0 fully saturated rings. The lowest BCUT2D eigenvalue weighted by Crippen LogP contribution is -2.19. The lowest BCUT2D eigenvalue weighted by atomic mass is 10.1. The fourth-order valence-electron chi connectivity index (χ4n) is 1.03. The molecule has 1 aromatic rings. The molecule has 0 bridgehead atoms. The van der Waals surface area contributed by atoms with Gasteiger partial charge in [-0.25, -0.2) is 0 Å². The van der Waals surface area contributed by atoms with E-state index in [1.165, 1.54) is 6.92 Å². The van der Waals surface area contributed by atoms with Crippen LogP contribution in [-0.2, 0) is 11.3 Å². The monoisotopic (exact) mass is 191 g/mol. The van der Waals surface area contributed by atoms with Gasteiger partial charge in [0.2, 0.25) is 5.91 Å². The van der Waals surface area contributed by atoms with Crippen LogP contribution in [0.3, 0.4) is 0 Å². The van der Waals surface area contributed by atoms with E-state index in [-0.39, 0.29) is 11.7 Å². The van der Waals surface area contributed by atoms with E-state index >= 15 is 0 Å². The Labute approximate surface area is 82.6 Å². The van der Waals surface area contributed by atoms with Gasteiger partial charge in [-0.3, -0.25) is 10.2 Å². The summed E-state index contributed by atoms with van der Waals surface area (Å²) in [7, 11) is 0. The molecule has 1 rings (SSSR count).